The Kier molecular flexibility index (Phi) is 5.95. The molecular formula is C22H22ClFN2O3S. The predicted molar refractivity (Wildman–Crippen MR) is 117 cm³/mol. The van der Waals surface area contributed by atoms with E-state index < -0.39 is 5.60 Å². The normalized spacial score (nSPS) is 16.7. The van der Waals surface area contributed by atoms with E-state index in [9.17, 15) is 9.18 Å². The van der Waals surface area contributed by atoms with Gasteiger partial charge in [-0.1, -0.05) is 22.9 Å². The summed E-state index contributed by atoms with van der Waals surface area (Å²) in [4.78, 5) is 19.8. The number of aromatic nitrogens is 1. The Labute approximate surface area is 183 Å². The minimum Gasteiger partial charge on any atom is -0.478 e. The highest BCUT2D eigenvalue weighted by Crippen LogP contribution is 2.33. The topological polar surface area (TPSA) is 51.7 Å². The number of fused-ring (bicyclic) bond motifs is 1. The molecular weight excluding hydrogens is 427 g/mol. The van der Waals surface area contributed by atoms with Gasteiger partial charge in [-0.15, -0.1) is 0 Å². The molecule has 0 radical (unpaired) electrons. The number of anilines is 1. The van der Waals surface area contributed by atoms with Crippen molar-refractivity contribution in [3.8, 4) is 5.75 Å². The summed E-state index contributed by atoms with van der Waals surface area (Å²) in [6.45, 7) is 4.50. The van der Waals surface area contributed by atoms with E-state index in [-0.39, 0.29) is 17.8 Å². The quantitative estimate of drug-likeness (QED) is 0.502. The third-order valence-corrected chi connectivity index (χ3v) is 6.22. The smallest absolute Gasteiger partial charge is 0.272 e. The van der Waals surface area contributed by atoms with Crippen molar-refractivity contribution in [1.82, 2.24) is 4.98 Å². The molecule has 1 aromatic heterocycles. The van der Waals surface area contributed by atoms with E-state index >= 15 is 0 Å². The number of amides is 1. The number of carbonyl (C=O) groups excluding carboxylic acids is 1. The lowest BCUT2D eigenvalue weighted by Gasteiger charge is -2.32. The molecule has 1 amide bonds. The third-order valence-electron chi connectivity index (χ3n) is 4.93. The number of ether oxygens (including phenoxy) is 2. The van der Waals surface area contributed by atoms with E-state index in [1.165, 1.54) is 23.5 Å². The highest BCUT2D eigenvalue weighted by atomic mass is 35.5. The van der Waals surface area contributed by atoms with Crippen LogP contribution in [-0.4, -0.2) is 35.7 Å². The van der Waals surface area contributed by atoms with Crippen LogP contribution in [0, 0.1) is 5.82 Å². The van der Waals surface area contributed by atoms with E-state index in [1.54, 1.807) is 49.1 Å². The van der Waals surface area contributed by atoms with Crippen LogP contribution in [0.4, 0.5) is 9.52 Å². The van der Waals surface area contributed by atoms with Gasteiger partial charge in [-0.25, -0.2) is 9.37 Å². The molecule has 0 bridgehead atoms. The van der Waals surface area contributed by atoms with Crippen molar-refractivity contribution in [2.24, 2.45) is 0 Å². The molecule has 0 N–H and O–H groups in total. The molecule has 0 saturated carbocycles. The maximum atomic E-state index is 13.6. The summed E-state index contributed by atoms with van der Waals surface area (Å²) in [5.74, 6) is -0.0326. The lowest BCUT2D eigenvalue weighted by molar-refractivity contribution is -0.131. The molecule has 158 valence electrons. The lowest BCUT2D eigenvalue weighted by Crippen LogP contribution is -2.51. The van der Waals surface area contributed by atoms with Crippen LogP contribution < -0.4 is 9.64 Å². The first-order valence-electron chi connectivity index (χ1n) is 9.76. The van der Waals surface area contributed by atoms with Crippen LogP contribution in [-0.2, 0) is 9.53 Å². The largest absolute Gasteiger partial charge is 0.478 e. The van der Waals surface area contributed by atoms with Crippen LogP contribution in [0.3, 0.4) is 0 Å². The van der Waals surface area contributed by atoms with E-state index in [4.69, 9.17) is 21.1 Å². The second-order valence-electron chi connectivity index (χ2n) is 7.73. The van der Waals surface area contributed by atoms with Gasteiger partial charge in [-0.05, 0) is 69.2 Å². The monoisotopic (exact) mass is 448 g/mol. The molecule has 2 aromatic carbocycles. The van der Waals surface area contributed by atoms with Crippen LogP contribution in [0.1, 0.15) is 26.7 Å². The van der Waals surface area contributed by atoms with Gasteiger partial charge in [-0.2, -0.15) is 0 Å². The first-order valence-corrected chi connectivity index (χ1v) is 11.0. The van der Waals surface area contributed by atoms with Gasteiger partial charge < -0.3 is 9.47 Å². The SMILES string of the molecule is CC(C)(Oc1ccc(Cl)cc1)C(=O)N(CC1CCCO1)c1nc2ccc(F)cc2s1. The van der Waals surface area contributed by atoms with Gasteiger partial charge in [0.15, 0.2) is 10.7 Å². The fraction of sp³-hybridized carbons (Fsp3) is 0.364. The molecule has 3 aromatic rings. The van der Waals surface area contributed by atoms with Crippen molar-refractivity contribution in [3.63, 3.8) is 0 Å². The lowest BCUT2D eigenvalue weighted by atomic mass is 10.1. The molecule has 1 aliphatic rings. The van der Waals surface area contributed by atoms with Crippen LogP contribution in [0.5, 0.6) is 5.75 Å². The molecule has 4 rings (SSSR count). The number of rotatable bonds is 6. The maximum absolute atomic E-state index is 13.6. The van der Waals surface area contributed by atoms with E-state index in [1.807, 2.05) is 0 Å². The number of hydrogen-bond acceptors (Lipinski definition) is 5. The molecule has 1 atom stereocenters. The average Bonchev–Trinajstić information content (AvgIpc) is 3.36. The molecule has 30 heavy (non-hydrogen) atoms. The fourth-order valence-corrected chi connectivity index (χ4v) is 4.53. The number of carbonyl (C=O) groups is 1. The Morgan fingerprint density at radius 1 is 1.33 bits per heavy atom. The van der Waals surface area contributed by atoms with E-state index in [0.717, 1.165) is 12.8 Å². The van der Waals surface area contributed by atoms with Crippen molar-refractivity contribution in [1.29, 1.82) is 0 Å². The Balaban J connectivity index is 1.64. The number of halogens is 2. The molecule has 8 heteroatoms. The summed E-state index contributed by atoms with van der Waals surface area (Å²) in [7, 11) is 0. The van der Waals surface area contributed by atoms with Gasteiger partial charge in [0.1, 0.15) is 11.6 Å². The number of hydrogen-bond donors (Lipinski definition) is 0. The molecule has 0 aliphatic carbocycles. The second kappa shape index (κ2) is 8.49. The molecule has 1 aliphatic heterocycles. The predicted octanol–water partition coefficient (Wildman–Crippen LogP) is 5.46. The van der Waals surface area contributed by atoms with Crippen molar-refractivity contribution in [2.45, 2.75) is 38.4 Å². The summed E-state index contributed by atoms with van der Waals surface area (Å²) in [5, 5.41) is 1.09. The molecule has 5 nitrogen and oxygen atoms in total. The van der Waals surface area contributed by atoms with Crippen molar-refractivity contribution in [3.05, 3.63) is 53.3 Å². The first-order chi connectivity index (χ1) is 14.3. The summed E-state index contributed by atoms with van der Waals surface area (Å²) >= 11 is 7.22. The van der Waals surface area contributed by atoms with E-state index in [2.05, 4.69) is 4.98 Å². The van der Waals surface area contributed by atoms with Gasteiger partial charge >= 0.3 is 0 Å². The van der Waals surface area contributed by atoms with Gasteiger partial charge in [0, 0.05) is 11.6 Å². The van der Waals surface area contributed by atoms with Gasteiger partial charge in [0.2, 0.25) is 0 Å². The summed E-state index contributed by atoms with van der Waals surface area (Å²) in [5.41, 5.74) is -0.506. The van der Waals surface area contributed by atoms with Crippen molar-refractivity contribution in [2.75, 3.05) is 18.1 Å². The zero-order valence-electron chi connectivity index (χ0n) is 16.7. The number of nitrogens with zero attached hydrogens (tertiary/aromatic N) is 2. The van der Waals surface area contributed by atoms with E-state index in [0.29, 0.717) is 39.3 Å². The van der Waals surface area contributed by atoms with Gasteiger partial charge in [-0.3, -0.25) is 9.69 Å². The molecule has 1 unspecified atom stereocenters. The summed E-state index contributed by atoms with van der Waals surface area (Å²) in [6, 6.07) is 11.3. The Hall–Kier alpha value is -2.22. The van der Waals surface area contributed by atoms with Crippen LogP contribution >= 0.6 is 22.9 Å². The van der Waals surface area contributed by atoms with Gasteiger partial charge in [0.05, 0.1) is 22.9 Å². The highest BCUT2D eigenvalue weighted by Gasteiger charge is 2.38. The number of thiazole rings is 1. The van der Waals surface area contributed by atoms with Crippen molar-refractivity contribution >= 4 is 44.2 Å². The van der Waals surface area contributed by atoms with Crippen molar-refractivity contribution < 1.29 is 18.7 Å². The zero-order chi connectivity index (χ0) is 21.3. The Morgan fingerprint density at radius 2 is 2.10 bits per heavy atom. The third kappa shape index (κ3) is 4.58. The molecule has 0 spiro atoms. The maximum Gasteiger partial charge on any atom is 0.272 e. The second-order valence-corrected chi connectivity index (χ2v) is 9.17. The molecule has 1 fully saturated rings. The fourth-order valence-electron chi connectivity index (χ4n) is 3.41. The van der Waals surface area contributed by atoms with Crippen LogP contribution in [0.15, 0.2) is 42.5 Å². The highest BCUT2D eigenvalue weighted by molar-refractivity contribution is 7.22. The van der Waals surface area contributed by atoms with Crippen LogP contribution in [0.2, 0.25) is 5.02 Å². The summed E-state index contributed by atoms with van der Waals surface area (Å²) < 4.78 is 26.1. The average molecular weight is 449 g/mol. The standard InChI is InChI=1S/C22H22ClFN2O3S/c1-22(2,29-16-8-5-14(23)6-9-16)20(27)26(13-17-4-3-11-28-17)21-25-18-10-7-15(24)12-19(18)30-21/h5-10,12,17H,3-4,11,13H2,1-2H3. The molecule has 1 saturated heterocycles. The van der Waals surface area contributed by atoms with Gasteiger partial charge in [0.25, 0.3) is 5.91 Å². The Morgan fingerprint density at radius 3 is 2.80 bits per heavy atom. The van der Waals surface area contributed by atoms with Crippen LogP contribution in [0.25, 0.3) is 10.2 Å². The first kappa shape index (κ1) is 21.0. The summed E-state index contributed by atoms with van der Waals surface area (Å²) in [6.07, 6.45) is 1.77. The zero-order valence-corrected chi connectivity index (χ0v) is 18.3. The number of benzene rings is 2. The Bertz CT molecular complexity index is 1050. The minimum absolute atomic E-state index is 0.0657. The molecule has 2 heterocycles. The minimum atomic E-state index is -1.16.